The van der Waals surface area contributed by atoms with Gasteiger partial charge in [-0.2, -0.15) is 13.2 Å². The Morgan fingerprint density at radius 3 is 2.36 bits per heavy atom. The molecule has 0 atom stereocenters. The largest absolute Gasteiger partial charge is 0.493 e. The lowest BCUT2D eigenvalue weighted by Gasteiger charge is -2.22. The van der Waals surface area contributed by atoms with Gasteiger partial charge in [0.25, 0.3) is 11.8 Å². The van der Waals surface area contributed by atoms with Crippen molar-refractivity contribution in [3.05, 3.63) is 90.0 Å². The summed E-state index contributed by atoms with van der Waals surface area (Å²) < 4.78 is 81.7. The summed E-state index contributed by atoms with van der Waals surface area (Å²) >= 11 is 0. The predicted octanol–water partition coefficient (Wildman–Crippen LogP) is 4.88. The van der Waals surface area contributed by atoms with E-state index < -0.39 is 60.5 Å². The van der Waals surface area contributed by atoms with Crippen molar-refractivity contribution in [2.24, 2.45) is 0 Å². The highest BCUT2D eigenvalue weighted by Gasteiger charge is 2.44. The second-order valence-electron chi connectivity index (χ2n) is 8.40. The summed E-state index contributed by atoms with van der Waals surface area (Å²) in [6.45, 7) is -2.32. The molecular weight excluding hydrogens is 574 g/mol. The number of anilines is 2. The smallest absolute Gasteiger partial charge is 0.323 e. The molecule has 0 fully saturated rings. The Balaban J connectivity index is 1.73. The number of hydroxylamine groups is 1. The average molecular weight is 592 g/mol. The number of benzene rings is 2. The fourth-order valence-corrected chi connectivity index (χ4v) is 3.54. The Morgan fingerprint density at radius 1 is 0.976 bits per heavy atom. The van der Waals surface area contributed by atoms with Gasteiger partial charge in [0.15, 0.2) is 11.6 Å². The monoisotopic (exact) mass is 592 g/mol. The molecule has 0 unspecified atom stereocenters. The van der Waals surface area contributed by atoms with Crippen molar-refractivity contribution < 1.29 is 45.6 Å². The maximum atomic E-state index is 14.8. The molecule has 2 aromatic carbocycles. The van der Waals surface area contributed by atoms with Crippen molar-refractivity contribution in [3.8, 4) is 11.5 Å². The summed E-state index contributed by atoms with van der Waals surface area (Å²) in [6.07, 6.45) is -4.58. The Labute approximate surface area is 232 Å². The molecule has 0 bridgehead atoms. The van der Waals surface area contributed by atoms with Crippen LogP contribution in [0.4, 0.5) is 37.8 Å². The lowest BCUT2D eigenvalue weighted by Crippen LogP contribution is -2.39. The van der Waals surface area contributed by atoms with Crippen LogP contribution in [-0.2, 0) is 9.63 Å². The zero-order valence-electron chi connectivity index (χ0n) is 21.1. The number of nitrogens with one attached hydrogen (secondary N) is 1. The first-order valence-corrected chi connectivity index (χ1v) is 11.8. The minimum atomic E-state index is -5.57. The molecule has 2 aromatic heterocycles. The van der Waals surface area contributed by atoms with Crippen LogP contribution in [0.1, 0.15) is 26.8 Å². The third-order valence-corrected chi connectivity index (χ3v) is 5.57. The van der Waals surface area contributed by atoms with E-state index in [0.29, 0.717) is 0 Å². The minimum Gasteiger partial charge on any atom is -0.323 e. The van der Waals surface area contributed by atoms with E-state index in [1.807, 2.05) is 0 Å². The van der Waals surface area contributed by atoms with Crippen molar-refractivity contribution in [1.82, 2.24) is 19.7 Å². The number of pyridine rings is 1. The number of carbonyl (C=O) groups excluding carboxylic acids is 3. The number of rotatable bonds is 8. The van der Waals surface area contributed by atoms with Crippen molar-refractivity contribution in [2.75, 3.05) is 23.7 Å². The summed E-state index contributed by atoms with van der Waals surface area (Å²) in [5.74, 6) is -7.31. The van der Waals surface area contributed by atoms with Gasteiger partial charge in [-0.15, -0.1) is 15.3 Å². The van der Waals surface area contributed by atoms with Crippen molar-refractivity contribution >= 4 is 29.3 Å². The second-order valence-corrected chi connectivity index (χ2v) is 8.40. The summed E-state index contributed by atoms with van der Waals surface area (Å²) in [5, 5.41) is 9.49. The second kappa shape index (κ2) is 12.5. The first-order valence-electron chi connectivity index (χ1n) is 11.8. The fourth-order valence-electron chi connectivity index (χ4n) is 3.54. The Morgan fingerprint density at radius 2 is 1.69 bits per heavy atom. The van der Waals surface area contributed by atoms with Gasteiger partial charge in [-0.25, -0.2) is 22.9 Å². The summed E-state index contributed by atoms with van der Waals surface area (Å²) in [7, 11) is 0. The maximum Gasteiger partial charge on any atom is 0.493 e. The van der Waals surface area contributed by atoms with Crippen LogP contribution >= 0.6 is 0 Å². The number of halogens is 6. The van der Waals surface area contributed by atoms with Crippen LogP contribution in [0.25, 0.3) is 11.5 Å². The topological polar surface area (TPSA) is 119 Å². The van der Waals surface area contributed by atoms with E-state index in [4.69, 9.17) is 0 Å². The molecule has 0 radical (unpaired) electrons. The van der Waals surface area contributed by atoms with Crippen LogP contribution in [-0.4, -0.2) is 57.1 Å². The third-order valence-electron chi connectivity index (χ3n) is 5.57. The molecule has 0 aliphatic carbocycles. The van der Waals surface area contributed by atoms with Gasteiger partial charge in [0.05, 0.1) is 11.6 Å². The molecule has 2 amide bonds. The Bertz CT molecular complexity index is 1590. The van der Waals surface area contributed by atoms with E-state index in [1.54, 1.807) is 18.2 Å². The molecule has 0 saturated carbocycles. The summed E-state index contributed by atoms with van der Waals surface area (Å²) in [5.41, 5.74) is -1.04. The first kappa shape index (κ1) is 29.7. The standard InChI is InChI=1S/C26H18F6N6O4/c27-12-17(13-28)37-14-33-36-22(37)20-7-4-8-21(35-20)38(42-25(41)26(30,31)32)24(40)18-11-16(9-10-19(18)29)34-23(39)15-5-2-1-3-6-15/h1-11,14,17H,12-13H2,(H,34,39). The van der Waals surface area contributed by atoms with Gasteiger partial charge in [0, 0.05) is 11.3 Å². The van der Waals surface area contributed by atoms with E-state index in [9.17, 15) is 40.7 Å². The van der Waals surface area contributed by atoms with Crippen LogP contribution in [0.3, 0.4) is 0 Å². The molecular formula is C26H18F6N6O4. The van der Waals surface area contributed by atoms with Crippen LogP contribution < -0.4 is 10.4 Å². The average Bonchev–Trinajstić information content (AvgIpc) is 3.47. The van der Waals surface area contributed by atoms with E-state index >= 15 is 0 Å². The van der Waals surface area contributed by atoms with Gasteiger partial charge >= 0.3 is 12.1 Å². The van der Waals surface area contributed by atoms with E-state index in [-0.39, 0.29) is 27.8 Å². The fraction of sp³-hybridized carbons (Fsp3) is 0.154. The number of hydrogen-bond acceptors (Lipinski definition) is 7. The highest BCUT2D eigenvalue weighted by Crippen LogP contribution is 2.27. The first-order chi connectivity index (χ1) is 20.0. The van der Waals surface area contributed by atoms with Gasteiger partial charge in [-0.1, -0.05) is 24.3 Å². The van der Waals surface area contributed by atoms with Gasteiger partial charge in [0.1, 0.15) is 31.2 Å². The van der Waals surface area contributed by atoms with Gasteiger partial charge in [0.2, 0.25) is 0 Å². The zero-order valence-corrected chi connectivity index (χ0v) is 21.1. The number of nitrogens with zero attached hydrogens (tertiary/aromatic N) is 5. The molecule has 4 rings (SSSR count). The van der Waals surface area contributed by atoms with Crippen LogP contribution in [0.2, 0.25) is 0 Å². The molecule has 218 valence electrons. The van der Waals surface area contributed by atoms with E-state index in [1.165, 1.54) is 18.2 Å². The predicted molar refractivity (Wildman–Crippen MR) is 134 cm³/mol. The van der Waals surface area contributed by atoms with E-state index in [0.717, 1.165) is 41.2 Å². The molecule has 0 spiro atoms. The van der Waals surface area contributed by atoms with Crippen LogP contribution in [0, 0.1) is 5.82 Å². The molecule has 0 aliphatic heterocycles. The lowest BCUT2D eigenvalue weighted by molar-refractivity contribution is -0.200. The SMILES string of the molecule is O=C(Nc1ccc(F)c(C(=O)N(OC(=O)C(F)(F)F)c2cccc(-c3nncn3C(CF)CF)n2)c1)c1ccccc1. The number of alkyl halides is 5. The molecule has 16 heteroatoms. The number of carbonyl (C=O) groups is 3. The Hall–Kier alpha value is -5.28. The van der Waals surface area contributed by atoms with Gasteiger partial charge < -0.3 is 14.7 Å². The molecule has 4 aromatic rings. The lowest BCUT2D eigenvalue weighted by atomic mass is 10.1. The number of aromatic nitrogens is 4. The van der Waals surface area contributed by atoms with Crippen molar-refractivity contribution in [3.63, 3.8) is 0 Å². The molecule has 1 N–H and O–H groups in total. The van der Waals surface area contributed by atoms with Crippen LogP contribution in [0.5, 0.6) is 0 Å². The third kappa shape index (κ3) is 6.54. The van der Waals surface area contributed by atoms with Gasteiger partial charge in [-0.3, -0.25) is 9.59 Å². The van der Waals surface area contributed by atoms with E-state index in [2.05, 4.69) is 25.3 Å². The normalized spacial score (nSPS) is 11.3. The Kier molecular flexibility index (Phi) is 8.83. The van der Waals surface area contributed by atoms with Gasteiger partial charge in [-0.05, 0) is 42.5 Å². The van der Waals surface area contributed by atoms with Crippen molar-refractivity contribution in [1.29, 1.82) is 0 Å². The highest BCUT2D eigenvalue weighted by atomic mass is 19.4. The molecule has 10 nitrogen and oxygen atoms in total. The van der Waals surface area contributed by atoms with Crippen LogP contribution in [0.15, 0.2) is 73.1 Å². The summed E-state index contributed by atoms with van der Waals surface area (Å²) in [4.78, 5) is 45.8. The summed E-state index contributed by atoms with van der Waals surface area (Å²) in [6, 6.07) is 12.4. The highest BCUT2D eigenvalue weighted by molar-refractivity contribution is 6.08. The number of amides is 2. The van der Waals surface area contributed by atoms with Crippen molar-refractivity contribution in [2.45, 2.75) is 12.2 Å². The number of hydrogen-bond donors (Lipinski definition) is 1. The quantitative estimate of drug-likeness (QED) is 0.229. The molecule has 0 saturated heterocycles. The molecule has 0 aliphatic rings. The minimum absolute atomic E-state index is 0.117. The molecule has 2 heterocycles. The maximum absolute atomic E-state index is 14.8. The molecule has 42 heavy (non-hydrogen) atoms. The zero-order chi connectivity index (χ0) is 30.4.